The quantitative estimate of drug-likeness (QED) is 0.211. The molecule has 1 aliphatic carbocycles. The summed E-state index contributed by atoms with van der Waals surface area (Å²) in [6, 6.07) is 41.9. The Morgan fingerprint density at radius 2 is 1.33 bits per heavy atom. The maximum Gasteiger partial charge on any atom is 0.256 e. The van der Waals surface area contributed by atoms with E-state index in [1.807, 2.05) is 0 Å². The van der Waals surface area contributed by atoms with E-state index in [-0.39, 0.29) is 17.7 Å². The molecule has 2 atom stereocenters. The molecular formula is C38H33BN2O. The molecule has 204 valence electrons. The molecule has 0 N–H and O–H groups in total. The molecule has 0 bridgehead atoms. The fourth-order valence-corrected chi connectivity index (χ4v) is 8.70. The van der Waals surface area contributed by atoms with Crippen LogP contribution in [0.5, 0.6) is 11.5 Å². The molecule has 2 unspecified atom stereocenters. The Morgan fingerprint density at radius 3 is 2.10 bits per heavy atom. The van der Waals surface area contributed by atoms with Crippen LogP contribution < -0.4 is 30.9 Å². The Bertz CT molecular complexity index is 1830. The van der Waals surface area contributed by atoms with E-state index in [2.05, 4.69) is 139 Å². The van der Waals surface area contributed by atoms with Gasteiger partial charge in [0.25, 0.3) is 6.71 Å². The molecule has 5 aromatic carbocycles. The number of hydrogen-bond acceptors (Lipinski definition) is 3. The Labute approximate surface area is 248 Å². The molecule has 42 heavy (non-hydrogen) atoms. The highest BCUT2D eigenvalue weighted by Gasteiger charge is 2.61. The minimum Gasteiger partial charge on any atom is -0.458 e. The van der Waals surface area contributed by atoms with E-state index in [0.29, 0.717) is 0 Å². The highest BCUT2D eigenvalue weighted by atomic mass is 16.5. The summed E-state index contributed by atoms with van der Waals surface area (Å²) in [6.45, 7) is 5.21. The molecule has 3 aliphatic heterocycles. The molecule has 1 saturated carbocycles. The van der Waals surface area contributed by atoms with Crippen molar-refractivity contribution in [3.05, 3.63) is 121 Å². The van der Waals surface area contributed by atoms with Gasteiger partial charge in [-0.2, -0.15) is 0 Å². The lowest BCUT2D eigenvalue weighted by Gasteiger charge is -2.52. The lowest BCUT2D eigenvalue weighted by Crippen LogP contribution is -2.63. The highest BCUT2D eigenvalue weighted by molar-refractivity contribution is 6.99. The normalized spacial score (nSPS) is 22.4. The van der Waals surface area contributed by atoms with Crippen molar-refractivity contribution in [3.63, 3.8) is 0 Å². The molecule has 0 saturated heterocycles. The van der Waals surface area contributed by atoms with Crippen LogP contribution in [-0.2, 0) is 5.41 Å². The smallest absolute Gasteiger partial charge is 0.256 e. The summed E-state index contributed by atoms with van der Waals surface area (Å²) in [5, 5.41) is 0. The van der Waals surface area contributed by atoms with Gasteiger partial charge in [-0.05, 0) is 78.1 Å². The van der Waals surface area contributed by atoms with E-state index in [4.69, 9.17) is 4.74 Å². The second-order valence-corrected chi connectivity index (χ2v) is 12.8. The van der Waals surface area contributed by atoms with Crippen LogP contribution in [0.25, 0.3) is 0 Å². The van der Waals surface area contributed by atoms with E-state index in [0.717, 1.165) is 28.6 Å². The Morgan fingerprint density at radius 1 is 0.667 bits per heavy atom. The molecule has 5 aromatic rings. The number of ether oxygens (including phenoxy) is 1. The highest BCUT2D eigenvalue weighted by Crippen LogP contribution is 2.61. The second-order valence-electron chi connectivity index (χ2n) is 12.8. The Kier molecular flexibility index (Phi) is 4.92. The molecule has 1 fully saturated rings. The maximum atomic E-state index is 6.85. The van der Waals surface area contributed by atoms with Gasteiger partial charge < -0.3 is 14.5 Å². The maximum absolute atomic E-state index is 6.85. The van der Waals surface area contributed by atoms with Crippen LogP contribution in [0.1, 0.15) is 45.1 Å². The van der Waals surface area contributed by atoms with Crippen LogP contribution in [0.2, 0.25) is 0 Å². The van der Waals surface area contributed by atoms with Crippen LogP contribution in [0, 0.1) is 0 Å². The number of para-hydroxylation sites is 4. The van der Waals surface area contributed by atoms with Gasteiger partial charge >= 0.3 is 0 Å². The van der Waals surface area contributed by atoms with Gasteiger partial charge in [-0.25, -0.2) is 0 Å². The zero-order chi connectivity index (χ0) is 28.1. The number of benzene rings is 5. The van der Waals surface area contributed by atoms with Crippen molar-refractivity contribution >= 4 is 51.5 Å². The number of hydrogen-bond donors (Lipinski definition) is 0. The van der Waals surface area contributed by atoms with E-state index >= 15 is 0 Å². The molecule has 4 aliphatic rings. The van der Waals surface area contributed by atoms with Crippen LogP contribution in [0.4, 0.5) is 28.4 Å². The first kappa shape index (κ1) is 24.2. The minimum atomic E-state index is -0.0116. The topological polar surface area (TPSA) is 15.7 Å². The van der Waals surface area contributed by atoms with E-state index in [9.17, 15) is 0 Å². The predicted octanol–water partition coefficient (Wildman–Crippen LogP) is 7.83. The Hall–Kier alpha value is -4.44. The lowest BCUT2D eigenvalue weighted by molar-refractivity contribution is 0.195. The van der Waals surface area contributed by atoms with Crippen molar-refractivity contribution in [2.75, 3.05) is 9.80 Å². The van der Waals surface area contributed by atoms with Gasteiger partial charge in [0, 0.05) is 34.2 Å². The van der Waals surface area contributed by atoms with Gasteiger partial charge in [-0.3, -0.25) is 0 Å². The average molecular weight is 545 g/mol. The summed E-state index contributed by atoms with van der Waals surface area (Å²) in [5.41, 5.74) is 11.7. The summed E-state index contributed by atoms with van der Waals surface area (Å²) in [6.07, 6.45) is 4.94. The van der Waals surface area contributed by atoms with Crippen LogP contribution in [-0.4, -0.2) is 12.3 Å². The zero-order valence-corrected chi connectivity index (χ0v) is 24.2. The summed E-state index contributed by atoms with van der Waals surface area (Å²) >= 11 is 0. The molecular weight excluding hydrogens is 511 g/mol. The van der Waals surface area contributed by atoms with E-state index < -0.39 is 0 Å². The number of fused-ring (bicyclic) bond motifs is 7. The fourth-order valence-electron chi connectivity index (χ4n) is 8.70. The van der Waals surface area contributed by atoms with Crippen molar-refractivity contribution in [3.8, 4) is 11.5 Å². The molecule has 4 heteroatoms. The molecule has 0 aromatic heterocycles. The van der Waals surface area contributed by atoms with Gasteiger partial charge in [0.05, 0.1) is 11.2 Å². The average Bonchev–Trinajstić information content (AvgIpc) is 3.24. The molecule has 9 rings (SSSR count). The van der Waals surface area contributed by atoms with Gasteiger partial charge in [0.15, 0.2) is 0 Å². The monoisotopic (exact) mass is 544 g/mol. The minimum absolute atomic E-state index is 0.0116. The largest absolute Gasteiger partial charge is 0.458 e. The summed E-state index contributed by atoms with van der Waals surface area (Å²) in [5.74, 6) is 1.93. The first-order chi connectivity index (χ1) is 20.6. The number of anilines is 5. The molecule has 0 spiro atoms. The number of rotatable bonds is 3. The van der Waals surface area contributed by atoms with Crippen molar-refractivity contribution < 1.29 is 4.74 Å². The van der Waals surface area contributed by atoms with Gasteiger partial charge in [0.1, 0.15) is 11.5 Å². The third-order valence-electron chi connectivity index (χ3n) is 10.8. The molecule has 0 amide bonds. The molecule has 3 heterocycles. The van der Waals surface area contributed by atoms with Gasteiger partial charge in [-0.15, -0.1) is 0 Å². The molecule has 3 nitrogen and oxygen atoms in total. The van der Waals surface area contributed by atoms with Crippen molar-refractivity contribution in [2.24, 2.45) is 0 Å². The van der Waals surface area contributed by atoms with E-state index in [1.165, 1.54) is 59.0 Å². The lowest BCUT2D eigenvalue weighted by atomic mass is 9.34. The molecule has 0 radical (unpaired) electrons. The summed E-state index contributed by atoms with van der Waals surface area (Å²) < 4.78 is 6.85. The SMILES string of the molecule is CC12CCCCC1(C)N1c3cc(N(c4ccccc4)c4ccccc4)cc4c3B(c3ccccc3O4)c3cccc2c31. The first-order valence-electron chi connectivity index (χ1n) is 15.4. The fraction of sp³-hybridized carbons (Fsp3) is 0.211. The van der Waals surface area contributed by atoms with Crippen LogP contribution in [0.15, 0.2) is 115 Å². The number of nitrogens with zero attached hydrogens (tertiary/aromatic N) is 2. The van der Waals surface area contributed by atoms with Crippen molar-refractivity contribution in [1.82, 2.24) is 0 Å². The summed E-state index contributed by atoms with van der Waals surface area (Å²) in [4.78, 5) is 5.12. The summed E-state index contributed by atoms with van der Waals surface area (Å²) in [7, 11) is 0. The Balaban J connectivity index is 1.37. The third-order valence-corrected chi connectivity index (χ3v) is 10.8. The third kappa shape index (κ3) is 3.02. The van der Waals surface area contributed by atoms with E-state index in [1.54, 1.807) is 0 Å². The second kappa shape index (κ2) is 8.55. The van der Waals surface area contributed by atoms with Crippen LogP contribution in [0.3, 0.4) is 0 Å². The first-order valence-corrected chi connectivity index (χ1v) is 15.4. The van der Waals surface area contributed by atoms with Gasteiger partial charge in [0.2, 0.25) is 0 Å². The van der Waals surface area contributed by atoms with Crippen molar-refractivity contribution in [2.45, 2.75) is 50.5 Å². The van der Waals surface area contributed by atoms with Gasteiger partial charge in [-0.1, -0.05) is 92.6 Å². The van der Waals surface area contributed by atoms with Crippen molar-refractivity contribution in [1.29, 1.82) is 0 Å². The predicted molar refractivity (Wildman–Crippen MR) is 175 cm³/mol. The standard InChI is InChI=1S/C38H33BN2O/c1-37-22-11-12-23-38(37,2)41-32-24-28(40(26-14-5-3-6-15-26)27-16-7-4-8-17-27)25-34-35(32)39(30-19-9-10-21-33(30)42-34)31-20-13-18-29(37)36(31)41/h3-10,13-21,24-25H,11-12,22-23H2,1-2H3. The van der Waals surface area contributed by atoms with Crippen LogP contribution >= 0.6 is 0 Å². The zero-order valence-electron chi connectivity index (χ0n) is 24.2.